The van der Waals surface area contributed by atoms with Gasteiger partial charge >= 0.3 is 197 Å². The molecule has 0 aliphatic carbocycles. The van der Waals surface area contributed by atoms with Crippen molar-refractivity contribution >= 4 is 31.0 Å². The molecule has 3 aromatic carbocycles. The van der Waals surface area contributed by atoms with Crippen molar-refractivity contribution in [1.82, 2.24) is 4.90 Å². The van der Waals surface area contributed by atoms with Crippen molar-refractivity contribution in [2.24, 2.45) is 5.41 Å². The second-order valence-electron chi connectivity index (χ2n) is 8.80. The molecule has 1 heterocycles. The maximum absolute atomic E-state index is 13.9. The van der Waals surface area contributed by atoms with Crippen molar-refractivity contribution < 1.29 is 9.18 Å². The molecule has 0 radical (unpaired) electrons. The molecule has 1 unspecified atom stereocenters. The molecule has 1 atom stereocenters. The van der Waals surface area contributed by atoms with Gasteiger partial charge in [0.2, 0.25) is 0 Å². The third kappa shape index (κ3) is 4.44. The number of amides is 1. The van der Waals surface area contributed by atoms with Gasteiger partial charge in [-0.05, 0) is 0 Å². The van der Waals surface area contributed by atoms with Crippen LogP contribution in [0.2, 0.25) is 5.32 Å². The van der Waals surface area contributed by atoms with E-state index in [4.69, 9.17) is 0 Å². The molecule has 3 aromatic rings. The molecule has 164 valence electrons. The monoisotopic (exact) mass is 493 g/mol. The molecule has 0 saturated carbocycles. The number of carbonyl (C=O) groups excluding carboxylic acids is 1. The number of hydrogen-bond acceptors (Lipinski definition) is 1. The van der Waals surface area contributed by atoms with E-state index >= 15 is 0 Å². The van der Waals surface area contributed by atoms with Gasteiger partial charge < -0.3 is 0 Å². The predicted octanol–water partition coefficient (Wildman–Crippen LogP) is 5.67. The molecule has 32 heavy (non-hydrogen) atoms. The Balaban J connectivity index is 1.71. The molecular weight excluding hydrogens is 464 g/mol. The molecule has 4 rings (SSSR count). The zero-order chi connectivity index (χ0) is 22.9. The van der Waals surface area contributed by atoms with Crippen LogP contribution in [0.5, 0.6) is 0 Å². The van der Waals surface area contributed by atoms with Crippen molar-refractivity contribution in [1.29, 1.82) is 0 Å². The summed E-state index contributed by atoms with van der Waals surface area (Å²) >= 11 is 0.166. The van der Waals surface area contributed by atoms with E-state index in [0.29, 0.717) is 6.54 Å². The Morgan fingerprint density at radius 3 is 2.16 bits per heavy atom. The summed E-state index contributed by atoms with van der Waals surface area (Å²) < 4.78 is 14.9. The van der Waals surface area contributed by atoms with Gasteiger partial charge in [-0.25, -0.2) is 0 Å². The van der Waals surface area contributed by atoms with E-state index < -0.39 is 5.41 Å². The average Bonchev–Trinajstić information content (AvgIpc) is 2.94. The van der Waals surface area contributed by atoms with Gasteiger partial charge in [0.1, 0.15) is 0 Å². The van der Waals surface area contributed by atoms with Gasteiger partial charge in [-0.15, -0.1) is 0 Å². The Hall–Kier alpha value is -2.68. The molecule has 1 aliphatic heterocycles. The third-order valence-corrected chi connectivity index (χ3v) is 8.90. The first-order valence-corrected chi connectivity index (χ1v) is 12.9. The van der Waals surface area contributed by atoms with Crippen LogP contribution in [0.25, 0.3) is 5.70 Å². The fraction of sp³-hybridized carbons (Fsp3) is 0.250. The minimum atomic E-state index is -0.573. The van der Waals surface area contributed by atoms with Crippen LogP contribution in [-0.2, 0) is 11.3 Å². The Bertz CT molecular complexity index is 1150. The molecule has 0 aromatic heterocycles. The van der Waals surface area contributed by atoms with Gasteiger partial charge in [-0.3, -0.25) is 0 Å². The van der Waals surface area contributed by atoms with E-state index in [1.807, 2.05) is 35.2 Å². The normalized spacial score (nSPS) is 18.5. The summed E-state index contributed by atoms with van der Waals surface area (Å²) in [6.45, 7) is 8.89. The first-order valence-electron chi connectivity index (χ1n) is 10.8. The molecule has 1 aliphatic rings. The summed E-state index contributed by atoms with van der Waals surface area (Å²) in [5.74, 6) is -0.142. The summed E-state index contributed by atoms with van der Waals surface area (Å²) in [5, 5.41) is 0.795. The third-order valence-electron chi connectivity index (χ3n) is 6.19. The molecular formula is C28H28FNOSe. The number of carbonyl (C=O) groups is 1. The Labute approximate surface area is 196 Å². The van der Waals surface area contributed by atoms with Crippen LogP contribution in [0.3, 0.4) is 0 Å². The van der Waals surface area contributed by atoms with Gasteiger partial charge in [-0.2, -0.15) is 0 Å². The van der Waals surface area contributed by atoms with E-state index in [-0.39, 0.29) is 26.7 Å². The van der Waals surface area contributed by atoms with Crippen LogP contribution in [0, 0.1) is 25.1 Å². The van der Waals surface area contributed by atoms with Gasteiger partial charge in [0.05, 0.1) is 0 Å². The van der Waals surface area contributed by atoms with Gasteiger partial charge in [0.15, 0.2) is 0 Å². The summed E-state index contributed by atoms with van der Waals surface area (Å²) in [6.07, 6.45) is 0. The van der Waals surface area contributed by atoms with Crippen LogP contribution >= 0.6 is 0 Å². The topological polar surface area (TPSA) is 20.3 Å². The quantitative estimate of drug-likeness (QED) is 0.406. The van der Waals surface area contributed by atoms with E-state index in [9.17, 15) is 9.18 Å². The van der Waals surface area contributed by atoms with Crippen molar-refractivity contribution in [3.05, 3.63) is 106 Å². The molecule has 0 N–H and O–H groups in total. The van der Waals surface area contributed by atoms with Crippen molar-refractivity contribution in [3.8, 4) is 0 Å². The number of benzene rings is 3. The Kier molecular flexibility index (Phi) is 6.37. The summed E-state index contributed by atoms with van der Waals surface area (Å²) in [7, 11) is 0. The zero-order valence-electron chi connectivity index (χ0n) is 19.0. The maximum atomic E-state index is 13.9. The van der Waals surface area contributed by atoms with Gasteiger partial charge in [0.25, 0.3) is 0 Å². The fourth-order valence-electron chi connectivity index (χ4n) is 4.33. The summed E-state index contributed by atoms with van der Waals surface area (Å²) in [6, 6.07) is 23.2. The minimum absolute atomic E-state index is 0.129. The second kappa shape index (κ2) is 9.05. The first kappa shape index (κ1) is 22.5. The number of aryl methyl sites for hydroxylation is 2. The molecule has 0 bridgehead atoms. The Morgan fingerprint density at radius 1 is 0.906 bits per heavy atom. The number of nitrogens with zero attached hydrogens (tertiary/aromatic N) is 1. The van der Waals surface area contributed by atoms with E-state index in [2.05, 4.69) is 45.9 Å². The predicted molar refractivity (Wildman–Crippen MR) is 130 cm³/mol. The second-order valence-corrected chi connectivity index (χ2v) is 11.0. The zero-order valence-corrected chi connectivity index (χ0v) is 20.7. The first-order chi connectivity index (χ1) is 15.3. The van der Waals surface area contributed by atoms with Crippen LogP contribution < -0.4 is 4.46 Å². The number of hydrogen-bond donors (Lipinski definition) is 0. The van der Waals surface area contributed by atoms with Crippen LogP contribution in [0.1, 0.15) is 36.1 Å². The van der Waals surface area contributed by atoms with E-state index in [0.717, 1.165) is 27.7 Å². The standard InChI is InChI=1S/C28H28FNOSe/c1-19-14-20(2)16-25(15-19)32-18-28(4)21(3)26(23-10-12-24(29)13-11-23)30(27(28)31)17-22-8-6-5-7-9-22/h5-16H,17-18H2,1-4H3. The van der Waals surface area contributed by atoms with Crippen LogP contribution in [-0.4, -0.2) is 25.8 Å². The Morgan fingerprint density at radius 2 is 1.53 bits per heavy atom. The van der Waals surface area contributed by atoms with E-state index in [1.54, 1.807) is 12.1 Å². The van der Waals surface area contributed by atoms with Crippen molar-refractivity contribution in [2.45, 2.75) is 39.6 Å². The van der Waals surface area contributed by atoms with E-state index in [1.165, 1.54) is 27.7 Å². The van der Waals surface area contributed by atoms with Gasteiger partial charge in [0, 0.05) is 0 Å². The van der Waals surface area contributed by atoms with Crippen LogP contribution in [0.15, 0.2) is 78.4 Å². The number of halogens is 1. The SMILES string of the molecule is CC1=C(c2ccc(F)cc2)N(Cc2ccccc2)C(=O)C1(C)C[Se]c1cc(C)cc(C)c1. The van der Waals surface area contributed by atoms with Crippen LogP contribution in [0.4, 0.5) is 4.39 Å². The molecule has 0 spiro atoms. The summed E-state index contributed by atoms with van der Waals surface area (Å²) in [4.78, 5) is 15.8. The molecule has 4 heteroatoms. The number of rotatable bonds is 6. The molecule has 0 fully saturated rings. The van der Waals surface area contributed by atoms with Gasteiger partial charge in [-0.1, -0.05) is 0 Å². The molecule has 1 amide bonds. The van der Waals surface area contributed by atoms with Crippen molar-refractivity contribution in [3.63, 3.8) is 0 Å². The molecule has 2 nitrogen and oxygen atoms in total. The molecule has 0 saturated heterocycles. The fourth-order valence-corrected chi connectivity index (χ4v) is 7.13. The average molecular weight is 492 g/mol. The van der Waals surface area contributed by atoms with Crippen molar-refractivity contribution in [2.75, 3.05) is 0 Å². The summed E-state index contributed by atoms with van der Waals surface area (Å²) in [5.41, 5.74) is 5.89.